The lowest BCUT2D eigenvalue weighted by atomic mass is 10.5. The minimum absolute atomic E-state index is 0.310. The van der Waals surface area contributed by atoms with E-state index in [9.17, 15) is 9.36 Å². The number of carbonyl (C=O) groups is 1. The quantitative estimate of drug-likeness (QED) is 0.565. The van der Waals surface area contributed by atoms with Crippen molar-refractivity contribution in [2.24, 2.45) is 0 Å². The van der Waals surface area contributed by atoms with E-state index in [0.29, 0.717) is 19.6 Å². The van der Waals surface area contributed by atoms with Gasteiger partial charge in [0.1, 0.15) is 0 Å². The molecule has 0 saturated carbocycles. The summed E-state index contributed by atoms with van der Waals surface area (Å²) in [5, 5.41) is 0. The van der Waals surface area contributed by atoms with Crippen LogP contribution in [-0.4, -0.2) is 19.2 Å². The Hall–Kier alpha value is -0.380. The minimum atomic E-state index is -3.52. The van der Waals surface area contributed by atoms with Gasteiger partial charge in [0.15, 0.2) is 0 Å². The molecule has 1 heterocycles. The number of phosphoric ester groups is 1. The molecule has 0 unspecified atom stereocenters. The van der Waals surface area contributed by atoms with Crippen LogP contribution in [-0.2, 0) is 22.9 Å². The van der Waals surface area contributed by atoms with Crippen LogP contribution in [0.3, 0.4) is 0 Å². The van der Waals surface area contributed by atoms with E-state index < -0.39 is 13.8 Å². The van der Waals surface area contributed by atoms with Crippen LogP contribution in [0.2, 0.25) is 0 Å². The highest BCUT2D eigenvalue weighted by atomic mass is 31.2. The van der Waals surface area contributed by atoms with Crippen LogP contribution in [0.15, 0.2) is 0 Å². The van der Waals surface area contributed by atoms with Crippen molar-refractivity contribution >= 4 is 13.8 Å². The lowest BCUT2D eigenvalue weighted by molar-refractivity contribution is -0.134. The highest BCUT2D eigenvalue weighted by Gasteiger charge is 2.32. The molecule has 0 N–H and O–H groups in total. The molecule has 0 aromatic heterocycles. The van der Waals surface area contributed by atoms with Crippen molar-refractivity contribution in [3.05, 3.63) is 0 Å². The summed E-state index contributed by atoms with van der Waals surface area (Å²) in [5.41, 5.74) is 0. The molecule has 0 radical (unpaired) electrons. The summed E-state index contributed by atoms with van der Waals surface area (Å²) >= 11 is 0. The molecule has 11 heavy (non-hydrogen) atoms. The van der Waals surface area contributed by atoms with Gasteiger partial charge in [0, 0.05) is 6.92 Å². The summed E-state index contributed by atoms with van der Waals surface area (Å²) in [6, 6.07) is 0. The van der Waals surface area contributed by atoms with E-state index in [-0.39, 0.29) is 0 Å². The second-order valence-corrected chi connectivity index (χ2v) is 3.64. The Morgan fingerprint density at radius 3 is 2.45 bits per heavy atom. The SMILES string of the molecule is CC(=O)OP1(=O)OCCCO1. The van der Waals surface area contributed by atoms with Crippen LogP contribution in [0.1, 0.15) is 13.3 Å². The molecule has 1 aliphatic heterocycles. The van der Waals surface area contributed by atoms with E-state index in [1.807, 2.05) is 0 Å². The normalized spacial score (nSPS) is 22.6. The molecule has 1 fully saturated rings. The molecule has 1 rings (SSSR count). The zero-order chi connectivity index (χ0) is 8.32. The van der Waals surface area contributed by atoms with Gasteiger partial charge >= 0.3 is 13.8 Å². The molecule has 0 spiro atoms. The molecule has 1 saturated heterocycles. The van der Waals surface area contributed by atoms with E-state index in [1.54, 1.807) is 0 Å². The monoisotopic (exact) mass is 180 g/mol. The van der Waals surface area contributed by atoms with E-state index in [4.69, 9.17) is 0 Å². The van der Waals surface area contributed by atoms with Gasteiger partial charge in [-0.3, -0.25) is 13.8 Å². The maximum atomic E-state index is 11.2. The molecule has 0 atom stereocenters. The Morgan fingerprint density at radius 1 is 1.45 bits per heavy atom. The number of carbonyl (C=O) groups excluding carboxylic acids is 1. The van der Waals surface area contributed by atoms with Crippen molar-refractivity contribution in [2.75, 3.05) is 13.2 Å². The van der Waals surface area contributed by atoms with E-state index in [0.717, 1.165) is 6.92 Å². The largest absolute Gasteiger partial charge is 0.532 e. The van der Waals surface area contributed by atoms with Gasteiger partial charge in [-0.1, -0.05) is 0 Å². The third-order valence-corrected chi connectivity index (χ3v) is 2.51. The van der Waals surface area contributed by atoms with Crippen LogP contribution in [0, 0.1) is 0 Å². The topological polar surface area (TPSA) is 61.8 Å². The molecular weight excluding hydrogens is 171 g/mol. The van der Waals surface area contributed by atoms with Crippen molar-refractivity contribution in [1.82, 2.24) is 0 Å². The second kappa shape index (κ2) is 3.34. The number of rotatable bonds is 1. The van der Waals surface area contributed by atoms with Crippen molar-refractivity contribution < 1.29 is 22.9 Å². The average Bonchev–Trinajstić information content (AvgIpc) is 1.85. The van der Waals surface area contributed by atoms with Crippen molar-refractivity contribution in [3.8, 4) is 0 Å². The smallest absolute Gasteiger partial charge is 0.371 e. The molecule has 1 aliphatic rings. The molecule has 0 amide bonds. The van der Waals surface area contributed by atoms with Crippen molar-refractivity contribution in [1.29, 1.82) is 0 Å². The fraction of sp³-hybridized carbons (Fsp3) is 0.800. The zero-order valence-electron chi connectivity index (χ0n) is 6.11. The standard InChI is InChI=1S/C5H9O5P/c1-5(6)10-11(7)8-3-2-4-9-11/h2-4H2,1H3. The van der Waals surface area contributed by atoms with Gasteiger partial charge in [0.2, 0.25) is 0 Å². The summed E-state index contributed by atoms with van der Waals surface area (Å²) < 4.78 is 24.8. The Balaban J connectivity index is 2.51. The van der Waals surface area contributed by atoms with Crippen LogP contribution in [0.25, 0.3) is 0 Å². The predicted octanol–water partition coefficient (Wildman–Crippen LogP) is 1.09. The summed E-state index contributed by atoms with van der Waals surface area (Å²) in [7, 11) is -3.52. The van der Waals surface area contributed by atoms with E-state index in [2.05, 4.69) is 13.6 Å². The number of hydrogen-bond donors (Lipinski definition) is 0. The van der Waals surface area contributed by atoms with Crippen LogP contribution < -0.4 is 0 Å². The first-order valence-corrected chi connectivity index (χ1v) is 4.68. The third-order valence-electron chi connectivity index (χ3n) is 1.03. The van der Waals surface area contributed by atoms with Gasteiger partial charge in [0.05, 0.1) is 13.2 Å². The molecule has 0 bridgehead atoms. The molecule has 64 valence electrons. The lowest BCUT2D eigenvalue weighted by Gasteiger charge is -2.20. The molecule has 0 aromatic rings. The molecule has 0 aromatic carbocycles. The van der Waals surface area contributed by atoms with E-state index >= 15 is 0 Å². The first kappa shape index (κ1) is 8.71. The third kappa shape index (κ3) is 2.61. The first-order valence-electron chi connectivity index (χ1n) is 3.22. The minimum Gasteiger partial charge on any atom is -0.371 e. The summed E-state index contributed by atoms with van der Waals surface area (Å²) in [5.74, 6) is -0.657. The van der Waals surface area contributed by atoms with Gasteiger partial charge in [-0.05, 0) is 6.42 Å². The van der Waals surface area contributed by atoms with Crippen LogP contribution in [0.4, 0.5) is 0 Å². The Morgan fingerprint density at radius 2 is 2.00 bits per heavy atom. The van der Waals surface area contributed by atoms with Gasteiger partial charge in [-0.2, -0.15) is 0 Å². The fourth-order valence-electron chi connectivity index (χ4n) is 0.659. The van der Waals surface area contributed by atoms with Gasteiger partial charge in [-0.25, -0.2) is 4.57 Å². The van der Waals surface area contributed by atoms with Crippen LogP contribution in [0.5, 0.6) is 0 Å². The van der Waals surface area contributed by atoms with E-state index in [1.165, 1.54) is 0 Å². The number of hydrogen-bond acceptors (Lipinski definition) is 5. The summed E-state index contributed by atoms with van der Waals surface area (Å²) in [6.07, 6.45) is 0.672. The molecule has 6 heteroatoms. The average molecular weight is 180 g/mol. The van der Waals surface area contributed by atoms with Gasteiger partial charge in [-0.15, -0.1) is 0 Å². The second-order valence-electron chi connectivity index (χ2n) is 2.05. The Kier molecular flexibility index (Phi) is 2.65. The van der Waals surface area contributed by atoms with Crippen LogP contribution >= 0.6 is 7.82 Å². The molecule has 5 nitrogen and oxygen atoms in total. The maximum Gasteiger partial charge on any atom is 0.532 e. The summed E-state index contributed by atoms with van der Waals surface area (Å²) in [6.45, 7) is 1.77. The van der Waals surface area contributed by atoms with Crippen molar-refractivity contribution in [3.63, 3.8) is 0 Å². The highest BCUT2D eigenvalue weighted by molar-refractivity contribution is 7.49. The number of phosphoric acid groups is 1. The lowest BCUT2D eigenvalue weighted by Crippen LogP contribution is -2.11. The predicted molar refractivity (Wildman–Crippen MR) is 35.9 cm³/mol. The summed E-state index contributed by atoms with van der Waals surface area (Å²) in [4.78, 5) is 10.4. The molecular formula is C5H9O5P. The van der Waals surface area contributed by atoms with Gasteiger partial charge in [0.25, 0.3) is 0 Å². The van der Waals surface area contributed by atoms with Gasteiger partial charge < -0.3 is 4.52 Å². The highest BCUT2D eigenvalue weighted by Crippen LogP contribution is 2.51. The Labute approximate surface area is 64.2 Å². The Bertz CT molecular complexity index is 191. The first-order chi connectivity index (χ1) is 5.12. The van der Waals surface area contributed by atoms with Crippen molar-refractivity contribution in [2.45, 2.75) is 13.3 Å². The fourth-order valence-corrected chi connectivity index (χ4v) is 1.86. The maximum absolute atomic E-state index is 11.2. The molecule has 0 aliphatic carbocycles. The zero-order valence-corrected chi connectivity index (χ0v) is 7.00.